The minimum Gasteiger partial charge on any atom is -0.302 e. The second-order valence-corrected chi connectivity index (χ2v) is 5.63. The van der Waals surface area contributed by atoms with Crippen molar-refractivity contribution in [2.24, 2.45) is 0 Å². The molecule has 1 aliphatic heterocycles. The third-order valence-electron chi connectivity index (χ3n) is 3.98. The van der Waals surface area contributed by atoms with Crippen LogP contribution in [0.25, 0.3) is 0 Å². The summed E-state index contributed by atoms with van der Waals surface area (Å²) in [5.41, 5.74) is 6.97. The molecule has 2 aromatic rings. The van der Waals surface area contributed by atoms with Crippen molar-refractivity contribution >= 4 is 5.91 Å². The summed E-state index contributed by atoms with van der Waals surface area (Å²) in [6.07, 6.45) is 1.03. The largest absolute Gasteiger partial charge is 0.302 e. The Hall–Kier alpha value is -2.17. The lowest BCUT2D eigenvalue weighted by atomic mass is 9.95. The molecule has 4 heteroatoms. The lowest BCUT2D eigenvalue weighted by Gasteiger charge is -2.26. The maximum Gasteiger partial charge on any atom is 0.274 e. The Labute approximate surface area is 130 Å². The summed E-state index contributed by atoms with van der Waals surface area (Å²) in [6.45, 7) is 2.42. The predicted octanol–water partition coefficient (Wildman–Crippen LogP) is 2.54. The quantitative estimate of drug-likeness (QED) is 0.882. The molecular formula is C18H20N2O2. The van der Waals surface area contributed by atoms with Gasteiger partial charge in [0.15, 0.2) is 0 Å². The summed E-state index contributed by atoms with van der Waals surface area (Å²) < 4.78 is 0. The second kappa shape index (κ2) is 6.73. The molecule has 0 fully saturated rings. The molecule has 3 rings (SSSR count). The SMILES string of the molecule is CN1CCc2c(CONC(=O)c3ccccc3)cccc2C1. The van der Waals surface area contributed by atoms with Gasteiger partial charge < -0.3 is 4.90 Å². The fourth-order valence-electron chi connectivity index (χ4n) is 2.79. The zero-order chi connectivity index (χ0) is 15.4. The van der Waals surface area contributed by atoms with Gasteiger partial charge in [0.1, 0.15) is 6.61 Å². The molecule has 0 unspecified atom stereocenters. The summed E-state index contributed by atoms with van der Waals surface area (Å²) in [4.78, 5) is 19.6. The predicted molar refractivity (Wildman–Crippen MR) is 85.2 cm³/mol. The molecule has 22 heavy (non-hydrogen) atoms. The van der Waals surface area contributed by atoms with Crippen LogP contribution in [-0.2, 0) is 24.4 Å². The normalized spacial score (nSPS) is 14.4. The molecule has 114 valence electrons. The van der Waals surface area contributed by atoms with Crippen LogP contribution in [0.1, 0.15) is 27.0 Å². The average Bonchev–Trinajstić information content (AvgIpc) is 2.55. The molecule has 0 saturated carbocycles. The lowest BCUT2D eigenvalue weighted by Crippen LogP contribution is -2.28. The van der Waals surface area contributed by atoms with Crippen molar-refractivity contribution in [1.29, 1.82) is 0 Å². The summed E-state index contributed by atoms with van der Waals surface area (Å²) in [5.74, 6) is -0.217. The van der Waals surface area contributed by atoms with E-state index in [0.717, 1.165) is 25.1 Å². The zero-order valence-corrected chi connectivity index (χ0v) is 12.7. The van der Waals surface area contributed by atoms with Gasteiger partial charge in [0.25, 0.3) is 5.91 Å². The van der Waals surface area contributed by atoms with Crippen LogP contribution in [0, 0.1) is 0 Å². The van der Waals surface area contributed by atoms with Crippen LogP contribution < -0.4 is 5.48 Å². The molecule has 1 N–H and O–H groups in total. The minimum atomic E-state index is -0.217. The van der Waals surface area contributed by atoms with E-state index in [4.69, 9.17) is 4.84 Å². The van der Waals surface area contributed by atoms with Crippen molar-refractivity contribution in [3.63, 3.8) is 0 Å². The molecule has 4 nitrogen and oxygen atoms in total. The van der Waals surface area contributed by atoms with E-state index in [0.29, 0.717) is 12.2 Å². The topological polar surface area (TPSA) is 41.6 Å². The van der Waals surface area contributed by atoms with E-state index >= 15 is 0 Å². The maximum absolute atomic E-state index is 11.9. The molecule has 0 aliphatic carbocycles. The van der Waals surface area contributed by atoms with E-state index in [1.54, 1.807) is 12.1 Å². The number of rotatable bonds is 4. The number of hydrogen-bond acceptors (Lipinski definition) is 3. The molecule has 1 amide bonds. The van der Waals surface area contributed by atoms with Crippen LogP contribution in [0.3, 0.4) is 0 Å². The van der Waals surface area contributed by atoms with Crippen LogP contribution >= 0.6 is 0 Å². The fourth-order valence-corrected chi connectivity index (χ4v) is 2.79. The lowest BCUT2D eigenvalue weighted by molar-refractivity contribution is 0.0230. The first-order chi connectivity index (χ1) is 10.7. The van der Waals surface area contributed by atoms with Gasteiger partial charge in [-0.1, -0.05) is 36.4 Å². The minimum absolute atomic E-state index is 0.217. The van der Waals surface area contributed by atoms with Gasteiger partial charge in [-0.2, -0.15) is 0 Å². The van der Waals surface area contributed by atoms with Gasteiger partial charge in [-0.05, 0) is 42.3 Å². The Bertz CT molecular complexity index is 655. The zero-order valence-electron chi connectivity index (χ0n) is 12.7. The summed E-state index contributed by atoms with van der Waals surface area (Å²) >= 11 is 0. The number of carbonyl (C=O) groups is 1. The van der Waals surface area contributed by atoms with Gasteiger partial charge in [0.2, 0.25) is 0 Å². The summed E-state index contributed by atoms with van der Waals surface area (Å²) in [6, 6.07) is 15.4. The van der Waals surface area contributed by atoms with Gasteiger partial charge in [-0.3, -0.25) is 9.63 Å². The van der Waals surface area contributed by atoms with E-state index < -0.39 is 0 Å². The number of nitrogens with zero attached hydrogens (tertiary/aromatic N) is 1. The molecule has 0 spiro atoms. The third-order valence-corrected chi connectivity index (χ3v) is 3.98. The molecule has 0 radical (unpaired) electrons. The van der Waals surface area contributed by atoms with Crippen molar-refractivity contribution in [3.8, 4) is 0 Å². The van der Waals surface area contributed by atoms with Gasteiger partial charge in [0.05, 0.1) is 0 Å². The number of benzene rings is 2. The Morgan fingerprint density at radius 2 is 2.00 bits per heavy atom. The first kappa shape index (κ1) is 14.8. The van der Waals surface area contributed by atoms with Gasteiger partial charge in [-0.15, -0.1) is 0 Å². The maximum atomic E-state index is 11.9. The number of amides is 1. The molecular weight excluding hydrogens is 276 g/mol. The highest BCUT2D eigenvalue weighted by atomic mass is 16.6. The highest BCUT2D eigenvalue weighted by Gasteiger charge is 2.16. The third kappa shape index (κ3) is 3.35. The number of fused-ring (bicyclic) bond motifs is 1. The molecule has 2 aromatic carbocycles. The Balaban J connectivity index is 1.61. The van der Waals surface area contributed by atoms with Crippen molar-refractivity contribution in [2.45, 2.75) is 19.6 Å². The highest BCUT2D eigenvalue weighted by Crippen LogP contribution is 2.22. The van der Waals surface area contributed by atoms with Crippen molar-refractivity contribution in [3.05, 3.63) is 70.8 Å². The molecule has 0 bridgehead atoms. The number of nitrogens with one attached hydrogen (secondary N) is 1. The van der Waals surface area contributed by atoms with E-state index in [2.05, 4.69) is 35.6 Å². The van der Waals surface area contributed by atoms with Gasteiger partial charge in [0, 0.05) is 18.7 Å². The van der Waals surface area contributed by atoms with Crippen LogP contribution in [0.15, 0.2) is 48.5 Å². The Kier molecular flexibility index (Phi) is 4.51. The number of hydrogen-bond donors (Lipinski definition) is 1. The Morgan fingerprint density at radius 3 is 2.82 bits per heavy atom. The number of carbonyl (C=O) groups excluding carboxylic acids is 1. The van der Waals surface area contributed by atoms with Crippen LogP contribution in [0.4, 0.5) is 0 Å². The van der Waals surface area contributed by atoms with Crippen molar-refractivity contribution in [2.75, 3.05) is 13.6 Å². The number of likely N-dealkylation sites (N-methyl/N-ethyl adjacent to an activating group) is 1. The summed E-state index contributed by atoms with van der Waals surface area (Å²) in [7, 11) is 2.13. The van der Waals surface area contributed by atoms with E-state index in [1.165, 1.54) is 11.1 Å². The molecule has 0 saturated heterocycles. The Morgan fingerprint density at radius 1 is 1.18 bits per heavy atom. The highest BCUT2D eigenvalue weighted by molar-refractivity contribution is 5.93. The first-order valence-corrected chi connectivity index (χ1v) is 7.49. The monoisotopic (exact) mass is 296 g/mol. The molecule has 0 atom stereocenters. The summed E-state index contributed by atoms with van der Waals surface area (Å²) in [5, 5.41) is 0. The van der Waals surface area contributed by atoms with Gasteiger partial charge in [-0.25, -0.2) is 5.48 Å². The molecule has 0 aromatic heterocycles. The second-order valence-electron chi connectivity index (χ2n) is 5.63. The average molecular weight is 296 g/mol. The van der Waals surface area contributed by atoms with Crippen molar-refractivity contribution < 1.29 is 9.63 Å². The first-order valence-electron chi connectivity index (χ1n) is 7.49. The van der Waals surface area contributed by atoms with Crippen LogP contribution in [-0.4, -0.2) is 24.4 Å². The van der Waals surface area contributed by atoms with E-state index in [-0.39, 0.29) is 5.91 Å². The van der Waals surface area contributed by atoms with E-state index in [9.17, 15) is 4.79 Å². The van der Waals surface area contributed by atoms with Crippen LogP contribution in [0.2, 0.25) is 0 Å². The molecule has 1 aliphatic rings. The van der Waals surface area contributed by atoms with Crippen LogP contribution in [0.5, 0.6) is 0 Å². The fraction of sp³-hybridized carbons (Fsp3) is 0.278. The molecule has 1 heterocycles. The van der Waals surface area contributed by atoms with Gasteiger partial charge >= 0.3 is 0 Å². The standard InChI is InChI=1S/C18H20N2O2/c1-20-11-10-17-15(12-20)8-5-9-16(17)13-22-19-18(21)14-6-3-2-4-7-14/h2-9H,10-13H2,1H3,(H,19,21). The smallest absolute Gasteiger partial charge is 0.274 e. The number of hydroxylamine groups is 1. The van der Waals surface area contributed by atoms with E-state index in [1.807, 2.05) is 18.2 Å². The van der Waals surface area contributed by atoms with Crippen molar-refractivity contribution in [1.82, 2.24) is 10.4 Å².